The summed E-state index contributed by atoms with van der Waals surface area (Å²) >= 11 is 0. The van der Waals surface area contributed by atoms with Gasteiger partial charge in [0.25, 0.3) is 0 Å². The normalized spacial score (nSPS) is 11.1. The fraction of sp³-hybridized carbons (Fsp3) is 0.762. The zero-order valence-corrected chi connectivity index (χ0v) is 18.3. The molecule has 0 saturated carbocycles. The number of rotatable bonds is 15. The molecule has 1 aromatic heterocycles. The van der Waals surface area contributed by atoms with Gasteiger partial charge in [0.05, 0.1) is 22.9 Å². The Morgan fingerprint density at radius 2 is 1.33 bits per heavy atom. The highest BCUT2D eigenvalue weighted by atomic mass is 32.2. The molecule has 0 aliphatic rings. The van der Waals surface area contributed by atoms with Crippen molar-refractivity contribution in [3.8, 4) is 0 Å². The molecule has 0 atom stereocenters. The minimum absolute atomic E-state index is 0.604. The number of nitrogens with zero attached hydrogens (tertiary/aromatic N) is 2. The summed E-state index contributed by atoms with van der Waals surface area (Å²) in [5.41, 5.74) is 0. The average molecular weight is 401 g/mol. The maximum atomic E-state index is 9.08. The molecule has 1 heterocycles. The lowest BCUT2D eigenvalue weighted by atomic mass is 10.0. The molecule has 0 amide bonds. The van der Waals surface area contributed by atoms with Gasteiger partial charge in [-0.3, -0.25) is 0 Å². The van der Waals surface area contributed by atoms with Crippen LogP contribution in [0.3, 0.4) is 0 Å². The first-order chi connectivity index (χ1) is 12.9. The first-order valence-corrected chi connectivity index (χ1v) is 12.3. The molecule has 0 saturated heterocycles. The smallest absolute Gasteiger partial charge is 0.248 e. The van der Waals surface area contributed by atoms with Crippen LogP contribution in [0, 0.1) is 0 Å². The molecule has 0 radical (unpaired) electrons. The van der Waals surface area contributed by atoms with Gasteiger partial charge < -0.3 is 4.55 Å². The van der Waals surface area contributed by atoms with Gasteiger partial charge in [0.15, 0.2) is 0 Å². The van der Waals surface area contributed by atoms with E-state index in [1.807, 2.05) is 10.8 Å². The Morgan fingerprint density at radius 1 is 0.926 bits per heavy atom. The molecule has 0 spiro atoms. The van der Waals surface area contributed by atoms with Crippen LogP contribution in [0.25, 0.3) is 6.20 Å². The van der Waals surface area contributed by atoms with Crippen LogP contribution in [0.5, 0.6) is 0 Å². The Morgan fingerprint density at radius 3 is 1.70 bits per heavy atom. The highest BCUT2D eigenvalue weighted by Crippen LogP contribution is 2.12. The maximum absolute atomic E-state index is 9.08. The third-order valence-electron chi connectivity index (χ3n) is 4.44. The summed E-state index contributed by atoms with van der Waals surface area (Å²) < 4.78 is 31.5. The molecule has 0 bridgehead atoms. The number of unbranched alkanes of at least 4 members (excludes halogenated alkanes) is 12. The molecule has 158 valence electrons. The lowest BCUT2D eigenvalue weighted by Crippen LogP contribution is -2.30. The van der Waals surface area contributed by atoms with Crippen molar-refractivity contribution in [2.24, 2.45) is 0 Å². The molecule has 0 N–H and O–H groups in total. The summed E-state index contributed by atoms with van der Waals surface area (Å²) in [6.45, 7) is 7.19. The van der Waals surface area contributed by atoms with E-state index in [1.54, 1.807) is 0 Å². The zero-order valence-electron chi connectivity index (χ0n) is 17.4. The highest BCUT2D eigenvalue weighted by Gasteiger charge is 2.00. The number of imidazole rings is 1. The average Bonchev–Trinajstić information content (AvgIpc) is 3.05. The predicted molar refractivity (Wildman–Crippen MR) is 112 cm³/mol. The first-order valence-electron chi connectivity index (χ1n) is 10.5. The number of hydrogen-bond acceptors (Lipinski definition) is 3. The molecule has 1 aromatic rings. The molecular weight excluding hydrogens is 360 g/mol. The SMILES string of the molecule is C=Cn1cc[n+](CCCCCCCCCCCCCCC)c1.CS(=O)(=O)[O-]. The maximum Gasteiger partial charge on any atom is 0.248 e. The van der Waals surface area contributed by atoms with E-state index in [2.05, 4.69) is 36.8 Å². The second kappa shape index (κ2) is 17.0. The van der Waals surface area contributed by atoms with Gasteiger partial charge in [-0.1, -0.05) is 84.1 Å². The number of hydrogen-bond donors (Lipinski definition) is 0. The van der Waals surface area contributed by atoms with Crippen LogP contribution >= 0.6 is 0 Å². The van der Waals surface area contributed by atoms with Gasteiger partial charge in [0.1, 0.15) is 12.4 Å². The van der Waals surface area contributed by atoms with Crippen LogP contribution in [0.1, 0.15) is 90.4 Å². The van der Waals surface area contributed by atoms with Gasteiger partial charge in [0.2, 0.25) is 6.33 Å². The topological polar surface area (TPSA) is 66.0 Å². The van der Waals surface area contributed by atoms with Gasteiger partial charge >= 0.3 is 0 Å². The largest absolute Gasteiger partial charge is 0.748 e. The van der Waals surface area contributed by atoms with Gasteiger partial charge in [-0.2, -0.15) is 0 Å². The fourth-order valence-corrected chi connectivity index (χ4v) is 2.96. The summed E-state index contributed by atoms with van der Waals surface area (Å²) in [5.74, 6) is 0. The van der Waals surface area contributed by atoms with Gasteiger partial charge in [-0.25, -0.2) is 17.6 Å². The minimum Gasteiger partial charge on any atom is -0.748 e. The van der Waals surface area contributed by atoms with Crippen LogP contribution in [0.15, 0.2) is 25.3 Å². The molecule has 6 heteroatoms. The second-order valence-electron chi connectivity index (χ2n) is 7.23. The first kappa shape index (κ1) is 25.9. The van der Waals surface area contributed by atoms with Gasteiger partial charge in [-0.05, 0) is 12.8 Å². The van der Waals surface area contributed by atoms with Crippen molar-refractivity contribution in [2.75, 3.05) is 6.26 Å². The van der Waals surface area contributed by atoms with Crippen molar-refractivity contribution < 1.29 is 17.5 Å². The summed E-state index contributed by atoms with van der Waals surface area (Å²) in [4.78, 5) is 0. The van der Waals surface area contributed by atoms with E-state index >= 15 is 0 Å². The van der Waals surface area contributed by atoms with E-state index in [-0.39, 0.29) is 0 Å². The van der Waals surface area contributed by atoms with Crippen LogP contribution < -0.4 is 4.57 Å². The summed E-state index contributed by atoms with van der Waals surface area (Å²) in [5, 5.41) is 0. The van der Waals surface area contributed by atoms with E-state index in [4.69, 9.17) is 13.0 Å². The van der Waals surface area contributed by atoms with Crippen molar-refractivity contribution in [1.82, 2.24) is 4.57 Å². The van der Waals surface area contributed by atoms with E-state index in [1.165, 1.54) is 83.5 Å². The van der Waals surface area contributed by atoms with E-state index < -0.39 is 10.1 Å². The van der Waals surface area contributed by atoms with Gasteiger partial charge in [-0.15, -0.1) is 0 Å². The van der Waals surface area contributed by atoms with Crippen molar-refractivity contribution in [1.29, 1.82) is 0 Å². The third kappa shape index (κ3) is 21.0. The van der Waals surface area contributed by atoms with E-state index in [0.29, 0.717) is 6.26 Å². The van der Waals surface area contributed by atoms with Crippen molar-refractivity contribution in [3.05, 3.63) is 25.3 Å². The Balaban J connectivity index is 0.00000119. The molecule has 27 heavy (non-hydrogen) atoms. The van der Waals surface area contributed by atoms with Crippen LogP contribution in [0.4, 0.5) is 0 Å². The van der Waals surface area contributed by atoms with Crippen molar-refractivity contribution in [2.45, 2.75) is 96.9 Å². The molecule has 5 nitrogen and oxygen atoms in total. The van der Waals surface area contributed by atoms with Gasteiger partial charge in [0, 0.05) is 6.26 Å². The van der Waals surface area contributed by atoms with Crippen LogP contribution in [-0.4, -0.2) is 23.8 Å². The van der Waals surface area contributed by atoms with Crippen molar-refractivity contribution in [3.63, 3.8) is 0 Å². The number of aryl methyl sites for hydroxylation is 1. The summed E-state index contributed by atoms with van der Waals surface area (Å²) in [6.07, 6.45) is 27.2. The number of aromatic nitrogens is 2. The third-order valence-corrected chi connectivity index (χ3v) is 4.44. The molecule has 0 aliphatic heterocycles. The molecule has 0 fully saturated rings. The Hall–Kier alpha value is -1.14. The highest BCUT2D eigenvalue weighted by molar-refractivity contribution is 7.84. The Bertz CT molecular complexity index is 560. The lowest BCUT2D eigenvalue weighted by molar-refractivity contribution is -0.696. The molecule has 0 aliphatic carbocycles. The van der Waals surface area contributed by atoms with E-state index in [0.717, 1.165) is 6.54 Å². The lowest BCUT2D eigenvalue weighted by Gasteiger charge is -2.02. The molecule has 0 aromatic carbocycles. The van der Waals surface area contributed by atoms with Crippen LogP contribution in [0.2, 0.25) is 0 Å². The molecule has 1 rings (SSSR count). The zero-order chi connectivity index (χ0) is 20.4. The minimum atomic E-state index is -3.92. The summed E-state index contributed by atoms with van der Waals surface area (Å²) in [7, 11) is -3.92. The molecular formula is C21H40N2O3S. The standard InChI is InChI=1S/C20H37N2.CH4O3S/c1-3-5-6-7-8-9-10-11-12-13-14-15-16-17-22-19-18-21(4-2)20-22;1-5(2,3)4/h4,18-20H,2-3,5-17H2,1H3;1H3,(H,2,3,4)/q+1;/p-1. The fourth-order valence-electron chi connectivity index (χ4n) is 2.96. The summed E-state index contributed by atoms with van der Waals surface area (Å²) in [6, 6.07) is 0. The second-order valence-corrected chi connectivity index (χ2v) is 8.64. The van der Waals surface area contributed by atoms with Crippen molar-refractivity contribution >= 4 is 16.3 Å². The van der Waals surface area contributed by atoms with E-state index in [9.17, 15) is 0 Å². The monoisotopic (exact) mass is 400 g/mol. The molecule has 0 unspecified atom stereocenters. The Kier molecular flexibility index (Phi) is 16.3. The Labute approximate surface area is 167 Å². The predicted octanol–water partition coefficient (Wildman–Crippen LogP) is 5.13. The quantitative estimate of drug-likeness (QED) is 0.233. The van der Waals surface area contributed by atoms with Crippen LogP contribution in [-0.2, 0) is 16.7 Å².